The summed E-state index contributed by atoms with van der Waals surface area (Å²) in [7, 11) is 0. The lowest BCUT2D eigenvalue weighted by molar-refractivity contribution is 0.468. The fourth-order valence-electron chi connectivity index (χ4n) is 5.32. The molecule has 2 aliphatic rings. The lowest BCUT2D eigenvalue weighted by atomic mass is 10.0. The molecule has 8 nitrogen and oxygen atoms in total. The molecule has 1 atom stereocenters. The summed E-state index contributed by atoms with van der Waals surface area (Å²) in [6, 6.07) is 10.7. The number of nitrogens with zero attached hydrogens (tertiary/aromatic N) is 8. The Bertz CT molecular complexity index is 1290. The van der Waals surface area contributed by atoms with Crippen molar-refractivity contribution in [3.05, 3.63) is 60.7 Å². The molecular formula is C25H26N8. The Morgan fingerprint density at radius 1 is 1.00 bits per heavy atom. The van der Waals surface area contributed by atoms with Crippen LogP contribution in [0, 0.1) is 6.92 Å². The van der Waals surface area contributed by atoms with Crippen LogP contribution in [0.1, 0.15) is 56.7 Å². The number of aryl methyl sites for hydroxylation is 1. The van der Waals surface area contributed by atoms with Crippen LogP contribution >= 0.6 is 0 Å². The average Bonchev–Trinajstić information content (AvgIpc) is 3.54. The van der Waals surface area contributed by atoms with Gasteiger partial charge in [-0.1, -0.05) is 50.1 Å². The van der Waals surface area contributed by atoms with E-state index in [2.05, 4.69) is 48.7 Å². The molecule has 166 valence electrons. The molecule has 0 radical (unpaired) electrons. The molecule has 1 saturated carbocycles. The van der Waals surface area contributed by atoms with E-state index in [1.165, 1.54) is 25.7 Å². The summed E-state index contributed by atoms with van der Waals surface area (Å²) in [5.41, 5.74) is 3.64. The number of anilines is 1. The summed E-state index contributed by atoms with van der Waals surface area (Å²) in [4.78, 5) is 21.3. The number of benzene rings is 1. The first-order valence-electron chi connectivity index (χ1n) is 11.7. The van der Waals surface area contributed by atoms with E-state index in [4.69, 9.17) is 9.97 Å². The topological polar surface area (TPSA) is 85.5 Å². The largest absolute Gasteiger partial charge is 0.342 e. The fourth-order valence-corrected chi connectivity index (χ4v) is 5.32. The van der Waals surface area contributed by atoms with Crippen molar-refractivity contribution < 1.29 is 0 Å². The van der Waals surface area contributed by atoms with Crippen LogP contribution in [-0.4, -0.2) is 40.7 Å². The molecule has 33 heavy (non-hydrogen) atoms. The zero-order valence-corrected chi connectivity index (χ0v) is 18.9. The van der Waals surface area contributed by atoms with Crippen LogP contribution < -0.4 is 4.90 Å². The third-order valence-corrected chi connectivity index (χ3v) is 6.82. The fraction of sp³-hybridized carbons (Fsp3) is 0.360. The van der Waals surface area contributed by atoms with E-state index in [0.29, 0.717) is 11.9 Å². The molecule has 1 aliphatic carbocycles. The third kappa shape index (κ3) is 3.20. The SMILES string of the molecule is CCC1c2nnc(C)n2-c2cnc(-c3cncnc3-c3ccccc3)nc2N1C1CCCC1. The summed E-state index contributed by atoms with van der Waals surface area (Å²) >= 11 is 0. The third-order valence-electron chi connectivity index (χ3n) is 6.82. The maximum atomic E-state index is 5.17. The van der Waals surface area contributed by atoms with Crippen LogP contribution in [0.3, 0.4) is 0 Å². The Morgan fingerprint density at radius 3 is 2.61 bits per heavy atom. The van der Waals surface area contributed by atoms with Crippen molar-refractivity contribution >= 4 is 5.82 Å². The van der Waals surface area contributed by atoms with Gasteiger partial charge < -0.3 is 4.90 Å². The monoisotopic (exact) mass is 438 g/mol. The summed E-state index contributed by atoms with van der Waals surface area (Å²) in [5, 5.41) is 8.96. The predicted octanol–water partition coefficient (Wildman–Crippen LogP) is 4.70. The molecule has 0 saturated heterocycles. The van der Waals surface area contributed by atoms with Crippen LogP contribution in [0.25, 0.3) is 28.3 Å². The van der Waals surface area contributed by atoms with Crippen molar-refractivity contribution in [1.82, 2.24) is 34.7 Å². The summed E-state index contributed by atoms with van der Waals surface area (Å²) in [6.45, 7) is 4.21. The van der Waals surface area contributed by atoms with E-state index < -0.39 is 0 Å². The van der Waals surface area contributed by atoms with Gasteiger partial charge >= 0.3 is 0 Å². The highest BCUT2D eigenvalue weighted by Crippen LogP contribution is 2.43. The Morgan fingerprint density at radius 2 is 1.82 bits per heavy atom. The first-order chi connectivity index (χ1) is 16.3. The molecule has 0 bridgehead atoms. The average molecular weight is 439 g/mol. The Kier molecular flexibility index (Phi) is 4.86. The predicted molar refractivity (Wildman–Crippen MR) is 126 cm³/mol. The molecule has 1 aliphatic heterocycles. The molecular weight excluding hydrogens is 412 g/mol. The highest BCUT2D eigenvalue weighted by molar-refractivity contribution is 5.78. The molecule has 6 rings (SSSR count). The van der Waals surface area contributed by atoms with Gasteiger partial charge in [-0.3, -0.25) is 4.57 Å². The molecule has 0 N–H and O–H groups in total. The van der Waals surface area contributed by atoms with Gasteiger partial charge in [-0.25, -0.2) is 19.9 Å². The summed E-state index contributed by atoms with van der Waals surface area (Å²) < 4.78 is 2.12. The number of hydrogen-bond acceptors (Lipinski definition) is 7. The van der Waals surface area contributed by atoms with Gasteiger partial charge in [0.25, 0.3) is 0 Å². The van der Waals surface area contributed by atoms with E-state index in [9.17, 15) is 0 Å². The minimum atomic E-state index is 0.144. The lowest BCUT2D eigenvalue weighted by Crippen LogP contribution is -2.42. The summed E-state index contributed by atoms with van der Waals surface area (Å²) in [6.07, 6.45) is 11.1. The van der Waals surface area contributed by atoms with Gasteiger partial charge in [0.2, 0.25) is 0 Å². The van der Waals surface area contributed by atoms with Crippen molar-refractivity contribution in [1.29, 1.82) is 0 Å². The maximum Gasteiger partial charge on any atom is 0.165 e. The van der Waals surface area contributed by atoms with E-state index in [0.717, 1.165) is 46.4 Å². The standard InChI is InChI=1S/C25H26N8/c1-3-20-25-31-30-16(2)32(25)21-14-27-23(29-24(21)33(20)18-11-7-8-12-18)19-13-26-15-28-22(19)17-9-5-4-6-10-17/h4-6,9-10,13-15,18,20H,3,7-8,11-12H2,1-2H3. The zero-order chi connectivity index (χ0) is 22.4. The Labute approximate surface area is 192 Å². The maximum absolute atomic E-state index is 5.17. The number of rotatable bonds is 4. The molecule has 1 unspecified atom stereocenters. The minimum Gasteiger partial charge on any atom is -0.342 e. The second-order valence-corrected chi connectivity index (χ2v) is 8.76. The van der Waals surface area contributed by atoms with Crippen LogP contribution in [0.15, 0.2) is 49.1 Å². The van der Waals surface area contributed by atoms with E-state index in [1.807, 2.05) is 37.5 Å². The van der Waals surface area contributed by atoms with Gasteiger partial charge in [0, 0.05) is 17.8 Å². The van der Waals surface area contributed by atoms with Gasteiger partial charge in [-0.2, -0.15) is 0 Å². The van der Waals surface area contributed by atoms with Crippen molar-refractivity contribution in [3.63, 3.8) is 0 Å². The quantitative estimate of drug-likeness (QED) is 0.456. The lowest BCUT2D eigenvalue weighted by Gasteiger charge is -2.41. The van der Waals surface area contributed by atoms with Crippen LogP contribution in [0.5, 0.6) is 0 Å². The van der Waals surface area contributed by atoms with Crippen molar-refractivity contribution in [2.24, 2.45) is 0 Å². The number of fused-ring (bicyclic) bond motifs is 3. The van der Waals surface area contributed by atoms with E-state index in [1.54, 1.807) is 6.33 Å². The van der Waals surface area contributed by atoms with Gasteiger partial charge in [-0.15, -0.1) is 10.2 Å². The van der Waals surface area contributed by atoms with E-state index >= 15 is 0 Å². The second kappa shape index (κ2) is 8.03. The highest BCUT2D eigenvalue weighted by Gasteiger charge is 2.39. The van der Waals surface area contributed by atoms with Crippen molar-refractivity contribution in [3.8, 4) is 28.3 Å². The molecule has 3 aromatic heterocycles. The van der Waals surface area contributed by atoms with Crippen molar-refractivity contribution in [2.45, 2.75) is 58.0 Å². The molecule has 1 aromatic carbocycles. The highest BCUT2D eigenvalue weighted by atomic mass is 15.4. The molecule has 8 heteroatoms. The van der Waals surface area contributed by atoms with Crippen LogP contribution in [-0.2, 0) is 0 Å². The van der Waals surface area contributed by atoms with Crippen LogP contribution in [0.2, 0.25) is 0 Å². The first kappa shape index (κ1) is 20.0. The smallest absolute Gasteiger partial charge is 0.165 e. The van der Waals surface area contributed by atoms with Gasteiger partial charge in [0.1, 0.15) is 17.8 Å². The first-order valence-corrected chi connectivity index (χ1v) is 11.7. The normalized spacial score (nSPS) is 17.8. The molecule has 0 spiro atoms. The Hall–Kier alpha value is -3.68. The second-order valence-electron chi connectivity index (χ2n) is 8.76. The van der Waals surface area contributed by atoms with Crippen LogP contribution in [0.4, 0.5) is 5.82 Å². The van der Waals surface area contributed by atoms with Gasteiger partial charge in [0.15, 0.2) is 17.5 Å². The molecule has 1 fully saturated rings. The molecule has 0 amide bonds. The zero-order valence-electron chi connectivity index (χ0n) is 18.9. The molecule has 4 aromatic rings. The summed E-state index contributed by atoms with van der Waals surface area (Å²) in [5.74, 6) is 3.44. The molecule has 4 heterocycles. The van der Waals surface area contributed by atoms with E-state index in [-0.39, 0.29) is 6.04 Å². The van der Waals surface area contributed by atoms with Crippen molar-refractivity contribution in [2.75, 3.05) is 4.90 Å². The van der Waals surface area contributed by atoms with Gasteiger partial charge in [0.05, 0.1) is 23.5 Å². The number of hydrogen-bond donors (Lipinski definition) is 0. The minimum absolute atomic E-state index is 0.144. The Balaban J connectivity index is 1.55. The number of aromatic nitrogens is 7. The van der Waals surface area contributed by atoms with Gasteiger partial charge in [-0.05, 0) is 26.2 Å².